The lowest BCUT2D eigenvalue weighted by atomic mass is 10.1. The normalized spacial score (nSPS) is 10.5. The fraction of sp³-hybridized carbons (Fsp3) is 0. The molecule has 0 aliphatic heterocycles. The van der Waals surface area contributed by atoms with Crippen LogP contribution in [0.2, 0.25) is 0 Å². The second-order valence-corrected chi connectivity index (χ2v) is 5.26. The standard InChI is InChI=1S/C15H10BrN3O2/c16-11-8-17-6-5-13(11)19-15(21)10-7-14(20)18-12-4-2-1-3-9(10)12/h1-8H,(H,18,20)(H,17,19,21). The highest BCUT2D eigenvalue weighted by Crippen LogP contribution is 2.22. The van der Waals surface area contributed by atoms with Gasteiger partial charge in [0.25, 0.3) is 5.91 Å². The van der Waals surface area contributed by atoms with Crippen LogP contribution in [-0.2, 0) is 0 Å². The zero-order valence-electron chi connectivity index (χ0n) is 10.8. The largest absolute Gasteiger partial charge is 0.322 e. The van der Waals surface area contributed by atoms with E-state index < -0.39 is 0 Å². The van der Waals surface area contributed by atoms with Crippen LogP contribution in [0.3, 0.4) is 0 Å². The summed E-state index contributed by atoms with van der Waals surface area (Å²) in [6, 6.07) is 10.2. The van der Waals surface area contributed by atoms with Gasteiger partial charge < -0.3 is 10.3 Å². The van der Waals surface area contributed by atoms with E-state index in [2.05, 4.69) is 31.2 Å². The zero-order valence-corrected chi connectivity index (χ0v) is 12.3. The minimum atomic E-state index is -0.343. The number of nitrogens with one attached hydrogen (secondary N) is 2. The number of amides is 1. The minimum absolute atomic E-state index is 0.312. The Bertz CT molecular complexity index is 889. The Labute approximate surface area is 128 Å². The Morgan fingerprint density at radius 1 is 1.24 bits per heavy atom. The summed E-state index contributed by atoms with van der Waals surface area (Å²) in [6.07, 6.45) is 3.17. The van der Waals surface area contributed by atoms with E-state index in [0.717, 1.165) is 0 Å². The van der Waals surface area contributed by atoms with Crippen molar-refractivity contribution >= 4 is 38.4 Å². The Kier molecular flexibility index (Phi) is 3.53. The van der Waals surface area contributed by atoms with Crippen LogP contribution in [0.15, 0.2) is 58.1 Å². The number of anilines is 1. The van der Waals surface area contributed by atoms with Gasteiger partial charge in [-0.2, -0.15) is 0 Å². The molecule has 21 heavy (non-hydrogen) atoms. The van der Waals surface area contributed by atoms with Crippen LogP contribution >= 0.6 is 15.9 Å². The second-order valence-electron chi connectivity index (χ2n) is 4.40. The molecule has 0 radical (unpaired) electrons. The molecule has 0 atom stereocenters. The summed E-state index contributed by atoms with van der Waals surface area (Å²) in [5.74, 6) is -0.343. The summed E-state index contributed by atoms with van der Waals surface area (Å²) < 4.78 is 0.674. The average Bonchev–Trinajstić information content (AvgIpc) is 2.48. The summed E-state index contributed by atoms with van der Waals surface area (Å²) >= 11 is 3.32. The molecule has 1 aromatic carbocycles. The zero-order chi connectivity index (χ0) is 14.8. The molecule has 3 rings (SSSR count). The van der Waals surface area contributed by atoms with Crippen LogP contribution in [0, 0.1) is 0 Å². The highest BCUT2D eigenvalue weighted by atomic mass is 79.9. The molecule has 1 amide bonds. The first-order chi connectivity index (χ1) is 10.1. The Morgan fingerprint density at radius 3 is 2.86 bits per heavy atom. The van der Waals surface area contributed by atoms with Crippen LogP contribution in [0.1, 0.15) is 10.4 Å². The van der Waals surface area contributed by atoms with Gasteiger partial charge in [-0.3, -0.25) is 14.6 Å². The molecule has 2 heterocycles. The van der Waals surface area contributed by atoms with Crippen molar-refractivity contribution in [3.8, 4) is 0 Å². The van der Waals surface area contributed by atoms with Crippen molar-refractivity contribution in [3.63, 3.8) is 0 Å². The van der Waals surface area contributed by atoms with Crippen molar-refractivity contribution in [2.45, 2.75) is 0 Å². The Morgan fingerprint density at radius 2 is 2.05 bits per heavy atom. The first-order valence-electron chi connectivity index (χ1n) is 6.18. The maximum absolute atomic E-state index is 12.4. The topological polar surface area (TPSA) is 74.8 Å². The molecule has 2 N–H and O–H groups in total. The van der Waals surface area contributed by atoms with Gasteiger partial charge in [0.1, 0.15) is 0 Å². The van der Waals surface area contributed by atoms with E-state index in [4.69, 9.17) is 0 Å². The molecule has 0 fully saturated rings. The predicted octanol–water partition coefficient (Wildman–Crippen LogP) is 2.94. The van der Waals surface area contributed by atoms with Crippen molar-refractivity contribution in [3.05, 3.63) is 69.2 Å². The maximum atomic E-state index is 12.4. The molecular formula is C15H10BrN3O2. The van der Waals surface area contributed by atoms with Gasteiger partial charge in [-0.15, -0.1) is 0 Å². The number of benzene rings is 1. The van der Waals surface area contributed by atoms with Crippen molar-refractivity contribution in [2.24, 2.45) is 0 Å². The number of aromatic amines is 1. The average molecular weight is 344 g/mol. The lowest BCUT2D eigenvalue weighted by Crippen LogP contribution is -2.17. The van der Waals surface area contributed by atoms with Crippen LogP contribution < -0.4 is 10.9 Å². The molecule has 0 spiro atoms. The van der Waals surface area contributed by atoms with Crippen molar-refractivity contribution in [1.29, 1.82) is 0 Å². The van der Waals surface area contributed by atoms with E-state index >= 15 is 0 Å². The molecule has 0 aliphatic carbocycles. The number of halogens is 1. The molecule has 3 aromatic rings. The monoisotopic (exact) mass is 343 g/mol. The number of nitrogens with zero attached hydrogens (tertiary/aromatic N) is 1. The number of carbonyl (C=O) groups excluding carboxylic acids is 1. The number of rotatable bonds is 2. The van der Waals surface area contributed by atoms with Crippen LogP contribution in [0.4, 0.5) is 5.69 Å². The summed E-state index contributed by atoms with van der Waals surface area (Å²) in [4.78, 5) is 30.7. The van der Waals surface area contributed by atoms with Crippen molar-refractivity contribution in [1.82, 2.24) is 9.97 Å². The third kappa shape index (κ3) is 2.71. The van der Waals surface area contributed by atoms with Gasteiger partial charge in [-0.25, -0.2) is 0 Å². The van der Waals surface area contributed by atoms with Gasteiger partial charge in [0.15, 0.2) is 0 Å². The van der Waals surface area contributed by atoms with Crippen LogP contribution in [0.25, 0.3) is 10.9 Å². The van der Waals surface area contributed by atoms with Gasteiger partial charge in [0.05, 0.1) is 15.7 Å². The summed E-state index contributed by atoms with van der Waals surface area (Å²) in [5.41, 5.74) is 1.24. The summed E-state index contributed by atoms with van der Waals surface area (Å²) in [5, 5.41) is 3.46. The van der Waals surface area contributed by atoms with Gasteiger partial charge in [0, 0.05) is 29.4 Å². The van der Waals surface area contributed by atoms with Gasteiger partial charge in [-0.05, 0) is 28.1 Å². The summed E-state index contributed by atoms with van der Waals surface area (Å²) in [6.45, 7) is 0. The Balaban J connectivity index is 2.06. The van der Waals surface area contributed by atoms with E-state index in [-0.39, 0.29) is 11.5 Å². The number of aromatic nitrogens is 2. The van der Waals surface area contributed by atoms with E-state index in [1.165, 1.54) is 6.07 Å². The number of hydrogen-bond acceptors (Lipinski definition) is 3. The highest BCUT2D eigenvalue weighted by Gasteiger charge is 2.13. The predicted molar refractivity (Wildman–Crippen MR) is 84.5 cm³/mol. The third-order valence-electron chi connectivity index (χ3n) is 3.02. The summed E-state index contributed by atoms with van der Waals surface area (Å²) in [7, 11) is 0. The number of H-pyrrole nitrogens is 1. The van der Waals surface area contributed by atoms with E-state index in [0.29, 0.717) is 26.6 Å². The smallest absolute Gasteiger partial charge is 0.256 e. The minimum Gasteiger partial charge on any atom is -0.322 e. The molecule has 104 valence electrons. The molecule has 0 bridgehead atoms. The van der Waals surface area contributed by atoms with E-state index in [9.17, 15) is 9.59 Å². The lowest BCUT2D eigenvalue weighted by Gasteiger charge is -2.08. The molecule has 2 aromatic heterocycles. The third-order valence-corrected chi connectivity index (χ3v) is 3.65. The fourth-order valence-corrected chi connectivity index (χ4v) is 2.41. The van der Waals surface area contributed by atoms with Gasteiger partial charge >= 0.3 is 0 Å². The molecule has 5 nitrogen and oxygen atoms in total. The number of fused-ring (bicyclic) bond motifs is 1. The molecule has 6 heteroatoms. The van der Waals surface area contributed by atoms with Crippen molar-refractivity contribution < 1.29 is 4.79 Å². The molecular weight excluding hydrogens is 334 g/mol. The van der Waals surface area contributed by atoms with Crippen LogP contribution in [-0.4, -0.2) is 15.9 Å². The first-order valence-corrected chi connectivity index (χ1v) is 6.97. The molecule has 0 saturated heterocycles. The van der Waals surface area contributed by atoms with Gasteiger partial charge in [-0.1, -0.05) is 18.2 Å². The molecule has 0 unspecified atom stereocenters. The van der Waals surface area contributed by atoms with E-state index in [1.54, 1.807) is 36.7 Å². The maximum Gasteiger partial charge on any atom is 0.256 e. The fourth-order valence-electron chi connectivity index (χ4n) is 2.06. The number of pyridine rings is 2. The van der Waals surface area contributed by atoms with Crippen molar-refractivity contribution in [2.75, 3.05) is 5.32 Å². The van der Waals surface area contributed by atoms with Gasteiger partial charge in [0.2, 0.25) is 5.56 Å². The van der Waals surface area contributed by atoms with Crippen LogP contribution in [0.5, 0.6) is 0 Å². The lowest BCUT2D eigenvalue weighted by molar-refractivity contribution is 0.102. The SMILES string of the molecule is O=C(Nc1ccncc1Br)c1cc(=O)[nH]c2ccccc12. The number of para-hydroxylation sites is 1. The first kappa shape index (κ1) is 13.5. The quantitative estimate of drug-likeness (QED) is 0.751. The highest BCUT2D eigenvalue weighted by molar-refractivity contribution is 9.10. The Hall–Kier alpha value is -2.47. The number of carbonyl (C=O) groups is 1. The molecule has 0 saturated carbocycles. The van der Waals surface area contributed by atoms with E-state index in [1.807, 2.05) is 6.07 Å². The molecule has 0 aliphatic rings. The number of hydrogen-bond donors (Lipinski definition) is 2. The second kappa shape index (κ2) is 5.49.